The highest BCUT2D eigenvalue weighted by Gasteiger charge is 2.01. The molecule has 2 aromatic rings. The predicted molar refractivity (Wildman–Crippen MR) is 114 cm³/mol. The van der Waals surface area contributed by atoms with Gasteiger partial charge in [-0.15, -0.1) is 35.3 Å². The molecule has 0 spiro atoms. The molecular weight excluding hydrogens is 451 g/mol. The van der Waals surface area contributed by atoms with Crippen LogP contribution in [0.4, 0.5) is 10.5 Å². The first-order valence-corrected chi connectivity index (χ1v) is 8.57. The van der Waals surface area contributed by atoms with Gasteiger partial charge in [-0.25, -0.2) is 9.79 Å². The number of rotatable bonds is 6. The van der Waals surface area contributed by atoms with E-state index >= 15 is 0 Å². The molecule has 0 saturated carbocycles. The third-order valence-electron chi connectivity index (χ3n) is 3.16. The molecule has 0 aliphatic carbocycles. The van der Waals surface area contributed by atoms with Crippen molar-refractivity contribution in [2.75, 3.05) is 19.0 Å². The van der Waals surface area contributed by atoms with E-state index in [1.54, 1.807) is 11.3 Å². The molecule has 1 heterocycles. The average molecular weight is 474 g/mol. The summed E-state index contributed by atoms with van der Waals surface area (Å²) >= 11 is 1.72. The smallest absolute Gasteiger partial charge is 0.411 e. The lowest BCUT2D eigenvalue weighted by molar-refractivity contribution is 0.187. The Morgan fingerprint density at radius 2 is 1.96 bits per heavy atom. The van der Waals surface area contributed by atoms with Gasteiger partial charge < -0.3 is 15.4 Å². The van der Waals surface area contributed by atoms with E-state index in [1.807, 2.05) is 37.3 Å². The van der Waals surface area contributed by atoms with Gasteiger partial charge in [-0.3, -0.25) is 5.32 Å². The molecule has 25 heavy (non-hydrogen) atoms. The number of nitrogens with one attached hydrogen (secondary N) is 3. The lowest BCUT2D eigenvalue weighted by Gasteiger charge is -2.10. The number of methoxy groups -OCH3 is 1. The molecule has 136 valence electrons. The Morgan fingerprint density at radius 1 is 1.20 bits per heavy atom. The van der Waals surface area contributed by atoms with E-state index in [0.717, 1.165) is 24.6 Å². The summed E-state index contributed by atoms with van der Waals surface area (Å²) in [6.07, 6.45) is -0.479. The van der Waals surface area contributed by atoms with Gasteiger partial charge in [0.2, 0.25) is 0 Å². The Balaban J connectivity index is 0.00000312. The monoisotopic (exact) mass is 474 g/mol. The van der Waals surface area contributed by atoms with Gasteiger partial charge in [0.05, 0.1) is 20.2 Å². The number of aliphatic imine (C=N–C) groups is 1. The van der Waals surface area contributed by atoms with Crippen LogP contribution in [-0.4, -0.2) is 25.7 Å². The van der Waals surface area contributed by atoms with Crippen LogP contribution in [0.1, 0.15) is 17.4 Å². The number of ether oxygens (including phenoxy) is 1. The van der Waals surface area contributed by atoms with Gasteiger partial charge in [0.15, 0.2) is 5.96 Å². The second-order valence-electron chi connectivity index (χ2n) is 4.94. The third kappa shape index (κ3) is 7.74. The van der Waals surface area contributed by atoms with Gasteiger partial charge >= 0.3 is 6.09 Å². The molecule has 0 aliphatic heterocycles. The number of hydrogen-bond donors (Lipinski definition) is 3. The molecule has 1 aromatic carbocycles. The van der Waals surface area contributed by atoms with Crippen LogP contribution in [0.25, 0.3) is 0 Å². The van der Waals surface area contributed by atoms with Crippen LogP contribution in [0.15, 0.2) is 46.8 Å². The minimum atomic E-state index is -0.479. The van der Waals surface area contributed by atoms with Crippen LogP contribution in [0.3, 0.4) is 0 Å². The molecule has 0 radical (unpaired) electrons. The van der Waals surface area contributed by atoms with E-state index in [2.05, 4.69) is 37.1 Å². The maximum absolute atomic E-state index is 11.2. The summed E-state index contributed by atoms with van der Waals surface area (Å²) in [5.74, 6) is 0.780. The predicted octanol–water partition coefficient (Wildman–Crippen LogP) is 3.80. The molecular formula is C17H23IN4O2S. The van der Waals surface area contributed by atoms with E-state index in [0.29, 0.717) is 12.2 Å². The summed E-state index contributed by atoms with van der Waals surface area (Å²) in [6, 6.07) is 11.6. The first-order chi connectivity index (χ1) is 11.7. The Bertz CT molecular complexity index is 660. The maximum Gasteiger partial charge on any atom is 0.411 e. The van der Waals surface area contributed by atoms with Gasteiger partial charge in [-0.05, 0) is 36.1 Å². The number of amides is 1. The van der Waals surface area contributed by atoms with Gasteiger partial charge in [-0.1, -0.05) is 18.2 Å². The van der Waals surface area contributed by atoms with Gasteiger partial charge in [0, 0.05) is 17.1 Å². The van der Waals surface area contributed by atoms with E-state index in [1.165, 1.54) is 12.0 Å². The van der Waals surface area contributed by atoms with Crippen LogP contribution in [0.2, 0.25) is 0 Å². The largest absolute Gasteiger partial charge is 0.453 e. The zero-order valence-corrected chi connectivity index (χ0v) is 17.4. The molecule has 0 atom stereocenters. The van der Waals surface area contributed by atoms with Crippen molar-refractivity contribution in [3.05, 3.63) is 52.2 Å². The van der Waals surface area contributed by atoms with Crippen LogP contribution < -0.4 is 16.0 Å². The van der Waals surface area contributed by atoms with Crippen LogP contribution in [0, 0.1) is 0 Å². The second-order valence-corrected chi connectivity index (χ2v) is 5.97. The summed E-state index contributed by atoms with van der Waals surface area (Å²) in [5.41, 5.74) is 1.75. The van der Waals surface area contributed by atoms with E-state index in [4.69, 9.17) is 0 Å². The topological polar surface area (TPSA) is 74.8 Å². The van der Waals surface area contributed by atoms with Crippen molar-refractivity contribution in [3.63, 3.8) is 0 Å². The molecule has 0 fully saturated rings. The molecule has 1 aromatic heterocycles. The first kappa shape index (κ1) is 21.2. The normalized spacial score (nSPS) is 10.6. The Morgan fingerprint density at radius 3 is 2.56 bits per heavy atom. The first-order valence-electron chi connectivity index (χ1n) is 7.69. The van der Waals surface area contributed by atoms with Crippen molar-refractivity contribution in [2.24, 2.45) is 4.99 Å². The summed E-state index contributed by atoms with van der Waals surface area (Å²) in [4.78, 5) is 17.0. The molecule has 0 unspecified atom stereocenters. The number of halogens is 1. The van der Waals surface area contributed by atoms with Crippen LogP contribution >= 0.6 is 35.3 Å². The number of hydrogen-bond acceptors (Lipinski definition) is 4. The number of nitrogens with zero attached hydrogens (tertiary/aromatic N) is 1. The Hall–Kier alpha value is -1.81. The van der Waals surface area contributed by atoms with Crippen molar-refractivity contribution in [1.29, 1.82) is 0 Å². The van der Waals surface area contributed by atoms with Crippen molar-refractivity contribution in [2.45, 2.75) is 20.0 Å². The number of carbonyl (C=O) groups is 1. The van der Waals surface area contributed by atoms with Gasteiger partial charge in [-0.2, -0.15) is 0 Å². The Kier molecular flexibility index (Phi) is 9.93. The Labute approximate surface area is 169 Å². The summed E-state index contributed by atoms with van der Waals surface area (Å²) < 4.78 is 4.56. The second kappa shape index (κ2) is 11.7. The number of carbonyl (C=O) groups excluding carboxylic acids is 1. The summed E-state index contributed by atoms with van der Waals surface area (Å²) in [5, 5.41) is 11.2. The molecule has 2 rings (SSSR count). The fourth-order valence-corrected chi connectivity index (χ4v) is 2.60. The molecule has 0 saturated heterocycles. The third-order valence-corrected chi connectivity index (χ3v) is 4.04. The number of anilines is 1. The maximum atomic E-state index is 11.2. The minimum Gasteiger partial charge on any atom is -0.453 e. The van der Waals surface area contributed by atoms with Crippen LogP contribution in [0.5, 0.6) is 0 Å². The fourth-order valence-electron chi connectivity index (χ4n) is 1.96. The van der Waals surface area contributed by atoms with E-state index in [9.17, 15) is 4.79 Å². The summed E-state index contributed by atoms with van der Waals surface area (Å²) in [7, 11) is 1.34. The molecule has 6 nitrogen and oxygen atoms in total. The SMILES string of the molecule is CCNC(=NCc1ccc(NC(=O)OC)cc1)NCc1cccs1.I. The van der Waals surface area contributed by atoms with Gasteiger partial charge in [0.25, 0.3) is 0 Å². The lowest BCUT2D eigenvalue weighted by Crippen LogP contribution is -2.36. The number of guanidine groups is 1. The molecule has 3 N–H and O–H groups in total. The van der Waals surface area contributed by atoms with E-state index < -0.39 is 6.09 Å². The highest BCUT2D eigenvalue weighted by molar-refractivity contribution is 14.0. The number of benzene rings is 1. The zero-order chi connectivity index (χ0) is 17.2. The van der Waals surface area contributed by atoms with Crippen molar-refractivity contribution in [3.8, 4) is 0 Å². The molecule has 1 amide bonds. The quantitative estimate of drug-likeness (QED) is 0.338. The van der Waals surface area contributed by atoms with Crippen molar-refractivity contribution < 1.29 is 9.53 Å². The minimum absolute atomic E-state index is 0. The van der Waals surface area contributed by atoms with E-state index in [-0.39, 0.29) is 24.0 Å². The zero-order valence-electron chi connectivity index (χ0n) is 14.2. The highest BCUT2D eigenvalue weighted by Crippen LogP contribution is 2.11. The van der Waals surface area contributed by atoms with Gasteiger partial charge in [0.1, 0.15) is 0 Å². The lowest BCUT2D eigenvalue weighted by atomic mass is 10.2. The highest BCUT2D eigenvalue weighted by atomic mass is 127. The standard InChI is InChI=1S/C17H22N4O2S.HI/c1-3-18-16(20-12-15-5-4-10-24-15)19-11-13-6-8-14(9-7-13)21-17(22)23-2;/h4-10H,3,11-12H2,1-2H3,(H,21,22)(H2,18,19,20);1H. The molecule has 0 aliphatic rings. The number of thiophene rings is 1. The summed E-state index contributed by atoms with van der Waals surface area (Å²) in [6.45, 7) is 4.15. The van der Waals surface area contributed by atoms with Crippen molar-refractivity contribution in [1.82, 2.24) is 10.6 Å². The fraction of sp³-hybridized carbons (Fsp3) is 0.294. The molecule has 8 heteroatoms. The molecule has 0 bridgehead atoms. The van der Waals surface area contributed by atoms with Crippen molar-refractivity contribution >= 4 is 53.1 Å². The average Bonchev–Trinajstić information content (AvgIpc) is 3.12. The van der Waals surface area contributed by atoms with Crippen LogP contribution in [-0.2, 0) is 17.8 Å².